The van der Waals surface area contributed by atoms with Gasteiger partial charge in [0, 0.05) is 13.1 Å². The zero-order valence-electron chi connectivity index (χ0n) is 16.5. The molecule has 3 rings (SSSR count). The van der Waals surface area contributed by atoms with Gasteiger partial charge in [-0.1, -0.05) is 41.9 Å². The lowest BCUT2D eigenvalue weighted by Gasteiger charge is -2.33. The second-order valence-electron chi connectivity index (χ2n) is 6.95. The van der Waals surface area contributed by atoms with Crippen molar-refractivity contribution in [1.29, 1.82) is 0 Å². The van der Waals surface area contributed by atoms with Gasteiger partial charge in [-0.3, -0.25) is 13.9 Å². The fourth-order valence-corrected chi connectivity index (χ4v) is 5.17. The Morgan fingerprint density at radius 1 is 1.07 bits per heavy atom. The van der Waals surface area contributed by atoms with Crippen LogP contribution in [0.15, 0.2) is 59.5 Å². The lowest BCUT2D eigenvalue weighted by atomic mass is 9.97. The number of rotatable bonds is 6. The van der Waals surface area contributed by atoms with Crippen molar-refractivity contribution < 1.29 is 22.7 Å². The van der Waals surface area contributed by atoms with Gasteiger partial charge in [0.1, 0.15) is 6.54 Å². The monoisotopic (exact) mass is 450 g/mol. The van der Waals surface area contributed by atoms with Crippen molar-refractivity contribution >= 4 is 39.2 Å². The van der Waals surface area contributed by atoms with Crippen molar-refractivity contribution in [3.63, 3.8) is 0 Å². The number of esters is 1. The van der Waals surface area contributed by atoms with Crippen molar-refractivity contribution in [1.82, 2.24) is 4.90 Å². The van der Waals surface area contributed by atoms with Crippen LogP contribution in [0.3, 0.4) is 0 Å². The van der Waals surface area contributed by atoms with Crippen LogP contribution in [-0.2, 0) is 24.3 Å². The predicted octanol–water partition coefficient (Wildman–Crippen LogP) is 2.95. The van der Waals surface area contributed by atoms with Crippen LogP contribution < -0.4 is 4.31 Å². The first kappa shape index (κ1) is 22.1. The van der Waals surface area contributed by atoms with Gasteiger partial charge in [-0.05, 0) is 37.1 Å². The highest BCUT2D eigenvalue weighted by atomic mass is 35.5. The molecule has 0 N–H and O–H groups in total. The average Bonchev–Trinajstić information content (AvgIpc) is 2.78. The molecule has 2 aromatic rings. The third-order valence-corrected chi connectivity index (χ3v) is 7.21. The standard InChI is InChI=1S/C21H23ClN2O5S/c1-29-21(26)16-11-13-23(14-12-16)20(25)15-24(19-10-6-5-9-18(19)22)30(27,28)17-7-3-2-4-8-17/h2-10,16H,11-15H2,1H3. The number of sulfonamides is 1. The van der Waals surface area contributed by atoms with Crippen LogP contribution in [0, 0.1) is 5.92 Å². The summed E-state index contributed by atoms with van der Waals surface area (Å²) in [6.45, 7) is 0.338. The average molecular weight is 451 g/mol. The molecule has 1 aliphatic rings. The quantitative estimate of drug-likeness (QED) is 0.632. The van der Waals surface area contributed by atoms with Gasteiger partial charge in [0.25, 0.3) is 10.0 Å². The lowest BCUT2D eigenvalue weighted by molar-refractivity contribution is -0.148. The van der Waals surface area contributed by atoms with Crippen molar-refractivity contribution in [3.05, 3.63) is 59.6 Å². The Bertz CT molecular complexity index is 1010. The number of para-hydroxylation sites is 1. The largest absolute Gasteiger partial charge is 0.469 e. The lowest BCUT2D eigenvalue weighted by Crippen LogP contribution is -2.46. The van der Waals surface area contributed by atoms with Gasteiger partial charge in [0.2, 0.25) is 5.91 Å². The van der Waals surface area contributed by atoms with Crippen molar-refractivity contribution in [2.45, 2.75) is 17.7 Å². The number of likely N-dealkylation sites (tertiary alicyclic amines) is 1. The SMILES string of the molecule is COC(=O)C1CCN(C(=O)CN(c2ccccc2Cl)S(=O)(=O)c2ccccc2)CC1. The molecule has 7 nitrogen and oxygen atoms in total. The normalized spacial score (nSPS) is 14.9. The van der Waals surface area contributed by atoms with Crippen molar-refractivity contribution in [3.8, 4) is 0 Å². The van der Waals surface area contributed by atoms with Crippen LogP contribution >= 0.6 is 11.6 Å². The topological polar surface area (TPSA) is 84.0 Å². The fourth-order valence-electron chi connectivity index (χ4n) is 3.43. The van der Waals surface area contributed by atoms with Crippen LogP contribution in [0.5, 0.6) is 0 Å². The Kier molecular flexibility index (Phi) is 6.99. The summed E-state index contributed by atoms with van der Waals surface area (Å²) in [5, 5.41) is 0.231. The molecule has 1 saturated heterocycles. The van der Waals surface area contributed by atoms with Crippen LogP contribution in [0.2, 0.25) is 5.02 Å². The minimum Gasteiger partial charge on any atom is -0.469 e. The van der Waals surface area contributed by atoms with E-state index in [1.165, 1.54) is 19.2 Å². The van der Waals surface area contributed by atoms with E-state index in [4.69, 9.17) is 16.3 Å². The first-order chi connectivity index (χ1) is 14.3. The molecule has 1 amide bonds. The number of hydrogen-bond donors (Lipinski definition) is 0. The summed E-state index contributed by atoms with van der Waals surface area (Å²) >= 11 is 6.27. The van der Waals surface area contributed by atoms with E-state index >= 15 is 0 Å². The summed E-state index contributed by atoms with van der Waals surface area (Å²) in [4.78, 5) is 26.3. The molecule has 9 heteroatoms. The van der Waals surface area contributed by atoms with Crippen molar-refractivity contribution in [2.24, 2.45) is 5.92 Å². The Morgan fingerprint density at radius 2 is 1.67 bits per heavy atom. The van der Waals surface area contributed by atoms with E-state index in [-0.39, 0.29) is 39.9 Å². The summed E-state index contributed by atoms with van der Waals surface area (Å²) in [6, 6.07) is 14.4. The van der Waals surface area contributed by atoms with E-state index in [1.54, 1.807) is 47.4 Å². The highest BCUT2D eigenvalue weighted by molar-refractivity contribution is 7.92. The van der Waals surface area contributed by atoms with Crippen molar-refractivity contribution in [2.75, 3.05) is 31.0 Å². The summed E-state index contributed by atoms with van der Waals surface area (Å²) in [7, 11) is -2.67. The Morgan fingerprint density at radius 3 is 2.27 bits per heavy atom. The molecule has 30 heavy (non-hydrogen) atoms. The first-order valence-electron chi connectivity index (χ1n) is 9.52. The second kappa shape index (κ2) is 9.49. The zero-order chi connectivity index (χ0) is 21.7. The highest BCUT2D eigenvalue weighted by Crippen LogP contribution is 2.30. The van der Waals surface area contributed by atoms with Crippen LogP contribution in [0.1, 0.15) is 12.8 Å². The Labute approximate surface area is 181 Å². The first-order valence-corrected chi connectivity index (χ1v) is 11.3. The molecule has 0 aromatic heterocycles. The number of nitrogens with zero attached hydrogens (tertiary/aromatic N) is 2. The number of methoxy groups -OCH3 is 1. The molecule has 0 saturated carbocycles. The summed E-state index contributed by atoms with van der Waals surface area (Å²) in [5.41, 5.74) is 0.237. The number of benzene rings is 2. The zero-order valence-corrected chi connectivity index (χ0v) is 18.1. The molecule has 1 heterocycles. The molecule has 0 atom stereocenters. The predicted molar refractivity (Wildman–Crippen MR) is 114 cm³/mol. The summed E-state index contributed by atoms with van der Waals surface area (Å²) in [5.74, 6) is -0.879. The fraction of sp³-hybridized carbons (Fsp3) is 0.333. The highest BCUT2D eigenvalue weighted by Gasteiger charge is 2.32. The summed E-state index contributed by atoms with van der Waals surface area (Å²) < 4.78 is 32.4. The van der Waals surface area contributed by atoms with Gasteiger partial charge in [-0.15, -0.1) is 0 Å². The van der Waals surface area contributed by atoms with Crippen LogP contribution in [-0.4, -0.2) is 51.9 Å². The molecule has 1 aliphatic heterocycles. The maximum atomic E-state index is 13.3. The molecule has 0 spiro atoms. The van der Waals surface area contributed by atoms with Crippen LogP contribution in [0.4, 0.5) is 5.69 Å². The maximum Gasteiger partial charge on any atom is 0.308 e. The minimum absolute atomic E-state index is 0.0714. The van der Waals surface area contributed by atoms with Gasteiger partial charge < -0.3 is 9.64 Å². The summed E-state index contributed by atoms with van der Waals surface area (Å²) in [6.07, 6.45) is 0.964. The number of piperidine rings is 1. The molecule has 0 bridgehead atoms. The third kappa shape index (κ3) is 4.76. The smallest absolute Gasteiger partial charge is 0.308 e. The van der Waals surface area contributed by atoms with E-state index in [1.807, 2.05) is 0 Å². The number of carbonyl (C=O) groups excluding carboxylic acids is 2. The maximum absolute atomic E-state index is 13.3. The molecule has 0 radical (unpaired) electrons. The van der Waals surface area contributed by atoms with E-state index in [0.29, 0.717) is 25.9 Å². The van der Waals surface area contributed by atoms with Gasteiger partial charge in [-0.25, -0.2) is 8.42 Å². The van der Waals surface area contributed by atoms with E-state index < -0.39 is 10.0 Å². The van der Waals surface area contributed by atoms with Crippen LogP contribution in [0.25, 0.3) is 0 Å². The van der Waals surface area contributed by atoms with Gasteiger partial charge in [0.05, 0.1) is 28.6 Å². The van der Waals surface area contributed by atoms with E-state index in [2.05, 4.69) is 0 Å². The molecule has 2 aromatic carbocycles. The molecule has 160 valence electrons. The number of amides is 1. The van der Waals surface area contributed by atoms with Gasteiger partial charge in [-0.2, -0.15) is 0 Å². The number of anilines is 1. The number of hydrogen-bond acceptors (Lipinski definition) is 5. The van der Waals surface area contributed by atoms with Gasteiger partial charge >= 0.3 is 5.97 Å². The van der Waals surface area contributed by atoms with E-state index in [9.17, 15) is 18.0 Å². The Hall–Kier alpha value is -2.58. The number of halogens is 1. The third-order valence-electron chi connectivity index (χ3n) is 5.11. The molecular weight excluding hydrogens is 428 g/mol. The molecule has 1 fully saturated rings. The number of ether oxygens (including phenoxy) is 1. The molecule has 0 unspecified atom stereocenters. The number of carbonyl (C=O) groups is 2. The molecular formula is C21H23ClN2O5S. The second-order valence-corrected chi connectivity index (χ2v) is 9.22. The minimum atomic E-state index is -4.01. The van der Waals surface area contributed by atoms with Gasteiger partial charge in [0.15, 0.2) is 0 Å². The van der Waals surface area contributed by atoms with E-state index in [0.717, 1.165) is 4.31 Å². The Balaban J connectivity index is 1.85. The molecule has 0 aliphatic carbocycles.